The highest BCUT2D eigenvalue weighted by molar-refractivity contribution is 5.82. The minimum absolute atomic E-state index is 0.227. The number of likely N-dealkylation sites (tertiary alicyclic amines) is 1. The lowest BCUT2D eigenvalue weighted by Crippen LogP contribution is -2.48. The van der Waals surface area contributed by atoms with E-state index in [1.165, 1.54) is 19.3 Å². The van der Waals surface area contributed by atoms with Gasteiger partial charge in [0.25, 0.3) is 0 Å². The molecule has 0 aromatic rings. The van der Waals surface area contributed by atoms with Gasteiger partial charge in [-0.2, -0.15) is 0 Å². The molecule has 2 saturated carbocycles. The molecule has 3 atom stereocenters. The van der Waals surface area contributed by atoms with E-state index in [1.807, 2.05) is 4.90 Å². The van der Waals surface area contributed by atoms with Gasteiger partial charge < -0.3 is 10.6 Å². The van der Waals surface area contributed by atoms with Crippen LogP contribution in [0.1, 0.15) is 46.0 Å². The van der Waals surface area contributed by atoms with Crippen molar-refractivity contribution in [1.29, 1.82) is 0 Å². The van der Waals surface area contributed by atoms with Crippen LogP contribution in [0.3, 0.4) is 0 Å². The third kappa shape index (κ3) is 1.87. The van der Waals surface area contributed by atoms with Gasteiger partial charge in [0.05, 0.1) is 6.04 Å². The Hall–Kier alpha value is -0.570. The summed E-state index contributed by atoms with van der Waals surface area (Å²) in [5.74, 6) is 2.14. The highest BCUT2D eigenvalue weighted by atomic mass is 16.2. The van der Waals surface area contributed by atoms with Crippen molar-refractivity contribution in [3.63, 3.8) is 0 Å². The molecule has 2 aliphatic carbocycles. The van der Waals surface area contributed by atoms with Gasteiger partial charge in [-0.15, -0.1) is 0 Å². The van der Waals surface area contributed by atoms with E-state index in [1.54, 1.807) is 0 Å². The fourth-order valence-corrected chi connectivity index (χ4v) is 4.22. The number of nitrogens with two attached hydrogens (primary N) is 1. The van der Waals surface area contributed by atoms with Crippen molar-refractivity contribution in [3.05, 3.63) is 0 Å². The number of nitrogens with zero attached hydrogens (tertiary/aromatic N) is 1. The third-order valence-electron chi connectivity index (χ3n) is 5.88. The number of carbonyl (C=O) groups is 1. The summed E-state index contributed by atoms with van der Waals surface area (Å²) in [7, 11) is 0. The summed E-state index contributed by atoms with van der Waals surface area (Å²) in [5, 5.41) is 0. The van der Waals surface area contributed by atoms with E-state index in [9.17, 15) is 4.79 Å². The Morgan fingerprint density at radius 1 is 1.17 bits per heavy atom. The van der Waals surface area contributed by atoms with Crippen LogP contribution in [0.4, 0.5) is 0 Å². The van der Waals surface area contributed by atoms with Crippen molar-refractivity contribution in [2.24, 2.45) is 28.9 Å². The topological polar surface area (TPSA) is 46.3 Å². The summed E-state index contributed by atoms with van der Waals surface area (Å²) in [5.41, 5.74) is 6.69. The fourth-order valence-electron chi connectivity index (χ4n) is 4.22. The first kappa shape index (κ1) is 12.5. The summed E-state index contributed by atoms with van der Waals surface area (Å²) in [6.45, 7) is 6.56. The zero-order chi connectivity index (χ0) is 12.9. The van der Waals surface area contributed by atoms with Gasteiger partial charge in [-0.05, 0) is 36.0 Å². The number of hydrogen-bond acceptors (Lipinski definition) is 2. The average molecular weight is 250 g/mol. The standard InChI is InChI=1S/C15H26N2O/c1-15(2)11-8-17(9-12(11)15)14(18)13(16)10-6-4-3-5-7-10/h10-13H,3-9,16H2,1-2H3/t11-,12+,13-/m0/s1. The molecule has 0 spiro atoms. The Bertz CT molecular complexity index is 332. The number of hydrogen-bond donors (Lipinski definition) is 1. The molecule has 0 aromatic heterocycles. The lowest BCUT2D eigenvalue weighted by atomic mass is 9.83. The number of piperidine rings is 1. The summed E-state index contributed by atoms with van der Waals surface area (Å²) in [6, 6.07) is -0.231. The van der Waals surface area contributed by atoms with Crippen LogP contribution in [-0.4, -0.2) is 29.9 Å². The summed E-state index contributed by atoms with van der Waals surface area (Å²) in [6.07, 6.45) is 6.13. The van der Waals surface area contributed by atoms with E-state index in [0.717, 1.165) is 37.8 Å². The molecule has 102 valence electrons. The third-order valence-corrected chi connectivity index (χ3v) is 5.88. The van der Waals surface area contributed by atoms with Crippen molar-refractivity contribution >= 4 is 5.91 Å². The molecule has 2 N–H and O–H groups in total. The van der Waals surface area contributed by atoms with E-state index in [-0.39, 0.29) is 11.9 Å². The second kappa shape index (κ2) is 4.22. The van der Waals surface area contributed by atoms with Crippen LogP contribution >= 0.6 is 0 Å². The maximum atomic E-state index is 12.4. The molecule has 3 heteroatoms. The van der Waals surface area contributed by atoms with Crippen molar-refractivity contribution < 1.29 is 4.79 Å². The smallest absolute Gasteiger partial charge is 0.239 e. The summed E-state index contributed by atoms with van der Waals surface area (Å²) in [4.78, 5) is 14.5. The lowest BCUT2D eigenvalue weighted by molar-refractivity contribution is -0.134. The first-order valence-electron chi connectivity index (χ1n) is 7.56. The quantitative estimate of drug-likeness (QED) is 0.815. The Balaban J connectivity index is 1.56. The van der Waals surface area contributed by atoms with E-state index in [0.29, 0.717) is 11.3 Å². The van der Waals surface area contributed by atoms with Gasteiger partial charge in [0.1, 0.15) is 0 Å². The molecule has 3 aliphatic rings. The molecule has 0 aromatic carbocycles. The minimum Gasteiger partial charge on any atom is -0.341 e. The number of rotatable bonds is 2. The van der Waals surface area contributed by atoms with Gasteiger partial charge in [-0.25, -0.2) is 0 Å². The van der Waals surface area contributed by atoms with Crippen molar-refractivity contribution in [2.75, 3.05) is 13.1 Å². The predicted octanol–water partition coefficient (Wildman–Crippen LogP) is 2.01. The SMILES string of the molecule is CC1(C)[C@@H]2CN(C(=O)[C@@H](N)C3CCCCC3)C[C@@H]21. The van der Waals surface area contributed by atoms with Crippen LogP contribution in [0.25, 0.3) is 0 Å². The zero-order valence-corrected chi connectivity index (χ0v) is 11.7. The molecule has 18 heavy (non-hydrogen) atoms. The van der Waals surface area contributed by atoms with Crippen LogP contribution in [0, 0.1) is 23.2 Å². The van der Waals surface area contributed by atoms with Gasteiger partial charge >= 0.3 is 0 Å². The first-order chi connectivity index (χ1) is 8.51. The first-order valence-corrected chi connectivity index (χ1v) is 7.56. The van der Waals surface area contributed by atoms with Crippen LogP contribution in [0.5, 0.6) is 0 Å². The number of amides is 1. The Morgan fingerprint density at radius 3 is 2.28 bits per heavy atom. The molecule has 0 bridgehead atoms. The highest BCUT2D eigenvalue weighted by Crippen LogP contribution is 2.62. The summed E-state index contributed by atoms with van der Waals surface area (Å²) < 4.78 is 0. The van der Waals surface area contributed by atoms with Gasteiger partial charge in [0, 0.05) is 13.1 Å². The van der Waals surface area contributed by atoms with Crippen LogP contribution < -0.4 is 5.73 Å². The molecule has 0 radical (unpaired) electrons. The van der Waals surface area contributed by atoms with E-state index >= 15 is 0 Å². The largest absolute Gasteiger partial charge is 0.341 e. The highest BCUT2D eigenvalue weighted by Gasteiger charge is 2.62. The monoisotopic (exact) mass is 250 g/mol. The molecule has 3 rings (SSSR count). The second-order valence-corrected chi connectivity index (χ2v) is 7.20. The van der Waals surface area contributed by atoms with Gasteiger partial charge in [-0.1, -0.05) is 33.1 Å². The normalized spacial score (nSPS) is 36.3. The van der Waals surface area contributed by atoms with Crippen LogP contribution in [0.15, 0.2) is 0 Å². The molecule has 1 saturated heterocycles. The van der Waals surface area contributed by atoms with E-state index in [2.05, 4.69) is 13.8 Å². The van der Waals surface area contributed by atoms with Crippen molar-refractivity contribution in [2.45, 2.75) is 52.0 Å². The Morgan fingerprint density at radius 2 is 1.72 bits per heavy atom. The molecular formula is C15H26N2O. The zero-order valence-electron chi connectivity index (χ0n) is 11.7. The predicted molar refractivity (Wildman–Crippen MR) is 71.9 cm³/mol. The van der Waals surface area contributed by atoms with Gasteiger partial charge in [-0.3, -0.25) is 4.79 Å². The van der Waals surface area contributed by atoms with Crippen molar-refractivity contribution in [3.8, 4) is 0 Å². The molecule has 1 amide bonds. The Kier molecular flexibility index (Phi) is 2.92. The molecule has 3 fully saturated rings. The number of fused-ring (bicyclic) bond motifs is 1. The maximum Gasteiger partial charge on any atom is 0.239 e. The van der Waals surface area contributed by atoms with Crippen molar-refractivity contribution in [1.82, 2.24) is 4.90 Å². The Labute approximate surface area is 110 Å². The molecule has 3 nitrogen and oxygen atoms in total. The summed E-state index contributed by atoms with van der Waals surface area (Å²) >= 11 is 0. The number of carbonyl (C=O) groups excluding carboxylic acids is 1. The van der Waals surface area contributed by atoms with Gasteiger partial charge in [0.15, 0.2) is 0 Å². The average Bonchev–Trinajstić information content (AvgIpc) is 2.78. The van der Waals surface area contributed by atoms with Crippen LogP contribution in [-0.2, 0) is 4.79 Å². The molecular weight excluding hydrogens is 224 g/mol. The molecule has 1 aliphatic heterocycles. The molecule has 1 heterocycles. The minimum atomic E-state index is -0.231. The van der Waals surface area contributed by atoms with Crippen LogP contribution in [0.2, 0.25) is 0 Å². The van der Waals surface area contributed by atoms with E-state index < -0.39 is 0 Å². The van der Waals surface area contributed by atoms with E-state index in [4.69, 9.17) is 5.73 Å². The molecule has 0 unspecified atom stereocenters. The maximum absolute atomic E-state index is 12.4. The second-order valence-electron chi connectivity index (χ2n) is 7.20. The fraction of sp³-hybridized carbons (Fsp3) is 0.933. The lowest BCUT2D eigenvalue weighted by Gasteiger charge is -2.31. The van der Waals surface area contributed by atoms with Gasteiger partial charge in [0.2, 0.25) is 5.91 Å².